The lowest BCUT2D eigenvalue weighted by atomic mass is 9.87. The molecule has 1 heterocycles. The third-order valence-corrected chi connectivity index (χ3v) is 3.92. The summed E-state index contributed by atoms with van der Waals surface area (Å²) in [6.45, 7) is 1.70. The lowest BCUT2D eigenvalue weighted by molar-refractivity contribution is -0.120. The standard InChI is InChI=1S/C16H12Cl2N2O/c1-10(15-12(17)5-4-6-13(15)18)16(21)11(9-19)14-7-2-3-8-20-14/h2-8,10-11H,1H3/t10-,11+/m1/s1. The van der Waals surface area contributed by atoms with Gasteiger partial charge in [-0.25, -0.2) is 0 Å². The molecule has 2 aromatic rings. The van der Waals surface area contributed by atoms with Crippen molar-refractivity contribution in [3.05, 3.63) is 63.9 Å². The second kappa shape index (κ2) is 6.71. The summed E-state index contributed by atoms with van der Waals surface area (Å²) < 4.78 is 0. The number of carbonyl (C=O) groups excluding carboxylic acids is 1. The molecule has 0 saturated heterocycles. The first kappa shape index (κ1) is 15.5. The minimum absolute atomic E-state index is 0.272. The number of halogens is 2. The summed E-state index contributed by atoms with van der Waals surface area (Å²) in [7, 11) is 0. The monoisotopic (exact) mass is 318 g/mol. The van der Waals surface area contributed by atoms with Gasteiger partial charge in [0.1, 0.15) is 5.92 Å². The summed E-state index contributed by atoms with van der Waals surface area (Å²) in [5, 5.41) is 10.1. The minimum Gasteiger partial charge on any atom is -0.297 e. The van der Waals surface area contributed by atoms with E-state index in [2.05, 4.69) is 4.98 Å². The van der Waals surface area contributed by atoms with Crippen molar-refractivity contribution in [2.45, 2.75) is 18.8 Å². The second-order valence-corrected chi connectivity index (χ2v) is 5.39. The van der Waals surface area contributed by atoms with Crippen LogP contribution in [0.5, 0.6) is 0 Å². The fraction of sp³-hybridized carbons (Fsp3) is 0.188. The quantitative estimate of drug-likeness (QED) is 0.841. The number of ketones is 1. The molecule has 0 radical (unpaired) electrons. The van der Waals surface area contributed by atoms with E-state index in [4.69, 9.17) is 23.2 Å². The number of Topliss-reactive ketones (excluding diaryl/α,β-unsaturated/α-hetero) is 1. The lowest BCUT2D eigenvalue weighted by Crippen LogP contribution is -2.19. The second-order valence-electron chi connectivity index (χ2n) is 4.58. The summed E-state index contributed by atoms with van der Waals surface area (Å²) in [6, 6.07) is 12.2. The zero-order valence-electron chi connectivity index (χ0n) is 11.3. The summed E-state index contributed by atoms with van der Waals surface area (Å²) in [5.41, 5.74) is 0.974. The van der Waals surface area contributed by atoms with Crippen molar-refractivity contribution in [1.82, 2.24) is 4.98 Å². The molecule has 106 valence electrons. The maximum atomic E-state index is 12.6. The lowest BCUT2D eigenvalue weighted by Gasteiger charge is -2.17. The molecule has 5 heteroatoms. The van der Waals surface area contributed by atoms with Crippen LogP contribution in [0.1, 0.15) is 30.0 Å². The Bertz CT molecular complexity index is 675. The Morgan fingerprint density at radius 2 is 1.86 bits per heavy atom. The fourth-order valence-electron chi connectivity index (χ4n) is 2.14. The van der Waals surface area contributed by atoms with E-state index in [0.29, 0.717) is 21.3 Å². The van der Waals surface area contributed by atoms with Gasteiger partial charge in [0.05, 0.1) is 11.8 Å². The zero-order valence-corrected chi connectivity index (χ0v) is 12.8. The molecule has 0 bridgehead atoms. The molecule has 0 aliphatic carbocycles. The molecule has 0 aliphatic rings. The van der Waals surface area contributed by atoms with Crippen LogP contribution in [0, 0.1) is 11.3 Å². The van der Waals surface area contributed by atoms with Crippen LogP contribution in [0.25, 0.3) is 0 Å². The first-order valence-corrected chi connectivity index (χ1v) is 7.10. The van der Waals surface area contributed by atoms with Crippen LogP contribution in [-0.4, -0.2) is 10.8 Å². The van der Waals surface area contributed by atoms with Gasteiger partial charge in [-0.05, 0) is 29.8 Å². The van der Waals surface area contributed by atoms with E-state index in [1.807, 2.05) is 6.07 Å². The summed E-state index contributed by atoms with van der Waals surface area (Å²) in [4.78, 5) is 16.7. The predicted octanol–water partition coefficient (Wildman–Crippen LogP) is 4.37. The van der Waals surface area contributed by atoms with Crippen molar-refractivity contribution in [3.8, 4) is 6.07 Å². The van der Waals surface area contributed by atoms with Gasteiger partial charge in [0.25, 0.3) is 0 Å². The van der Waals surface area contributed by atoms with Crippen molar-refractivity contribution >= 4 is 29.0 Å². The van der Waals surface area contributed by atoms with Gasteiger partial charge in [0, 0.05) is 22.2 Å². The van der Waals surface area contributed by atoms with E-state index < -0.39 is 11.8 Å². The van der Waals surface area contributed by atoms with E-state index >= 15 is 0 Å². The van der Waals surface area contributed by atoms with Crippen molar-refractivity contribution in [1.29, 1.82) is 5.26 Å². The average molecular weight is 319 g/mol. The number of benzene rings is 1. The van der Waals surface area contributed by atoms with Crippen LogP contribution in [0.4, 0.5) is 0 Å². The van der Waals surface area contributed by atoms with E-state index in [9.17, 15) is 10.1 Å². The number of pyridine rings is 1. The molecular formula is C16H12Cl2N2O. The topological polar surface area (TPSA) is 53.8 Å². The average Bonchev–Trinajstić information content (AvgIpc) is 2.48. The third-order valence-electron chi connectivity index (χ3n) is 3.26. The molecule has 1 aromatic heterocycles. The molecule has 1 aromatic carbocycles. The number of nitriles is 1. The number of rotatable bonds is 4. The molecule has 0 N–H and O–H groups in total. The fourth-order valence-corrected chi connectivity index (χ4v) is 2.86. The predicted molar refractivity (Wildman–Crippen MR) is 82.5 cm³/mol. The Kier molecular flexibility index (Phi) is 4.95. The summed E-state index contributed by atoms with van der Waals surface area (Å²) in [5.74, 6) is -1.79. The number of aromatic nitrogens is 1. The van der Waals surface area contributed by atoms with Crippen LogP contribution in [0.3, 0.4) is 0 Å². The first-order valence-electron chi connectivity index (χ1n) is 6.34. The van der Waals surface area contributed by atoms with Crippen LogP contribution in [-0.2, 0) is 4.79 Å². The molecule has 2 rings (SSSR count). The first-order chi connectivity index (χ1) is 10.1. The van der Waals surface area contributed by atoms with Crippen LogP contribution in [0.15, 0.2) is 42.6 Å². The highest BCUT2D eigenvalue weighted by Crippen LogP contribution is 2.34. The van der Waals surface area contributed by atoms with Crippen molar-refractivity contribution in [3.63, 3.8) is 0 Å². The van der Waals surface area contributed by atoms with Crippen molar-refractivity contribution in [2.24, 2.45) is 0 Å². The Morgan fingerprint density at radius 3 is 2.38 bits per heavy atom. The summed E-state index contributed by atoms with van der Waals surface area (Å²) in [6.07, 6.45) is 1.56. The van der Waals surface area contributed by atoms with E-state index in [1.165, 1.54) is 0 Å². The van der Waals surface area contributed by atoms with Crippen LogP contribution < -0.4 is 0 Å². The van der Waals surface area contributed by atoms with Crippen LogP contribution in [0.2, 0.25) is 10.0 Å². The maximum Gasteiger partial charge on any atom is 0.163 e. The van der Waals surface area contributed by atoms with Gasteiger partial charge in [-0.15, -0.1) is 0 Å². The number of hydrogen-bond acceptors (Lipinski definition) is 3. The molecule has 0 spiro atoms. The molecule has 2 atom stereocenters. The van der Waals surface area contributed by atoms with Gasteiger partial charge >= 0.3 is 0 Å². The molecule has 21 heavy (non-hydrogen) atoms. The van der Waals surface area contributed by atoms with Crippen molar-refractivity contribution < 1.29 is 4.79 Å². The Balaban J connectivity index is 2.37. The molecule has 3 nitrogen and oxygen atoms in total. The third kappa shape index (κ3) is 3.24. The van der Waals surface area contributed by atoms with Gasteiger partial charge in [-0.3, -0.25) is 9.78 Å². The highest BCUT2D eigenvalue weighted by atomic mass is 35.5. The molecular weight excluding hydrogens is 307 g/mol. The molecule has 0 saturated carbocycles. The SMILES string of the molecule is C[C@@H](C(=O)[C@@H](C#N)c1ccccn1)c1c(Cl)cccc1Cl. The van der Waals surface area contributed by atoms with Crippen molar-refractivity contribution in [2.75, 3.05) is 0 Å². The normalized spacial score (nSPS) is 13.2. The highest BCUT2D eigenvalue weighted by molar-refractivity contribution is 6.36. The van der Waals surface area contributed by atoms with Gasteiger partial charge in [-0.1, -0.05) is 42.3 Å². The van der Waals surface area contributed by atoms with E-state index in [0.717, 1.165) is 0 Å². The number of nitrogens with zero attached hydrogens (tertiary/aromatic N) is 2. The van der Waals surface area contributed by atoms with Gasteiger partial charge in [-0.2, -0.15) is 5.26 Å². The highest BCUT2D eigenvalue weighted by Gasteiger charge is 2.29. The zero-order chi connectivity index (χ0) is 15.4. The summed E-state index contributed by atoms with van der Waals surface area (Å²) >= 11 is 12.3. The number of hydrogen-bond donors (Lipinski definition) is 0. The van der Waals surface area contributed by atoms with Gasteiger partial charge < -0.3 is 0 Å². The van der Waals surface area contributed by atoms with E-state index in [-0.39, 0.29) is 5.78 Å². The Hall–Kier alpha value is -1.89. The molecule has 0 unspecified atom stereocenters. The largest absolute Gasteiger partial charge is 0.297 e. The Labute approximate surface area is 133 Å². The Morgan fingerprint density at radius 1 is 1.19 bits per heavy atom. The smallest absolute Gasteiger partial charge is 0.163 e. The minimum atomic E-state index is -0.937. The van der Waals surface area contributed by atoms with Gasteiger partial charge in [0.15, 0.2) is 5.78 Å². The molecule has 0 fully saturated rings. The molecule has 0 aliphatic heterocycles. The molecule has 0 amide bonds. The maximum absolute atomic E-state index is 12.6. The number of carbonyl (C=O) groups is 1. The van der Waals surface area contributed by atoms with Gasteiger partial charge in [0.2, 0.25) is 0 Å². The van der Waals surface area contributed by atoms with E-state index in [1.54, 1.807) is 49.5 Å². The van der Waals surface area contributed by atoms with Crippen LogP contribution >= 0.6 is 23.2 Å².